The first-order valence-corrected chi connectivity index (χ1v) is 11.9. The summed E-state index contributed by atoms with van der Waals surface area (Å²) in [4.78, 5) is 34.0. The summed E-state index contributed by atoms with van der Waals surface area (Å²) >= 11 is 0. The number of benzene rings is 1. The van der Waals surface area contributed by atoms with Gasteiger partial charge in [0.2, 0.25) is 0 Å². The van der Waals surface area contributed by atoms with Crippen molar-refractivity contribution in [2.24, 2.45) is 0 Å². The minimum Gasteiger partial charge on any atom is -0.493 e. The smallest absolute Gasteiger partial charge is 0.358 e. The molecule has 0 unspecified atom stereocenters. The monoisotopic (exact) mass is 494 g/mol. The molecule has 0 amide bonds. The van der Waals surface area contributed by atoms with E-state index in [0.717, 1.165) is 5.56 Å². The Balaban J connectivity index is 1.48. The van der Waals surface area contributed by atoms with Crippen molar-refractivity contribution in [3.05, 3.63) is 66.1 Å². The van der Waals surface area contributed by atoms with Gasteiger partial charge in [0.25, 0.3) is 0 Å². The molecule has 36 heavy (non-hydrogen) atoms. The molecule has 0 bridgehead atoms. The number of methoxy groups -OCH3 is 1. The lowest BCUT2D eigenvalue weighted by Gasteiger charge is -2.36. The van der Waals surface area contributed by atoms with Gasteiger partial charge in [0, 0.05) is 31.4 Å². The molecular weight excluding hydrogens is 464 g/mol. The molecule has 3 atom stereocenters. The van der Waals surface area contributed by atoms with E-state index in [2.05, 4.69) is 15.6 Å². The zero-order valence-electron chi connectivity index (χ0n) is 20.5. The fraction of sp³-hybridized carbons (Fsp3) is 0.385. The molecule has 190 valence electrons. The molecule has 0 spiro atoms. The zero-order valence-corrected chi connectivity index (χ0v) is 20.5. The molecule has 10 heteroatoms. The maximum absolute atomic E-state index is 12.7. The molecule has 2 heterocycles. The molecule has 10 nitrogen and oxygen atoms in total. The summed E-state index contributed by atoms with van der Waals surface area (Å²) in [5.41, 5.74) is 4.24. The highest BCUT2D eigenvalue weighted by atomic mass is 16.7. The van der Waals surface area contributed by atoms with Crippen LogP contribution in [0.2, 0.25) is 0 Å². The van der Waals surface area contributed by atoms with Gasteiger partial charge >= 0.3 is 11.9 Å². The van der Waals surface area contributed by atoms with E-state index < -0.39 is 5.97 Å². The van der Waals surface area contributed by atoms with Gasteiger partial charge in [-0.25, -0.2) is 14.5 Å². The molecule has 0 aliphatic heterocycles. The van der Waals surface area contributed by atoms with E-state index in [4.69, 9.17) is 19.0 Å². The summed E-state index contributed by atoms with van der Waals surface area (Å²) in [5, 5.41) is 4.13. The van der Waals surface area contributed by atoms with Crippen LogP contribution in [-0.2, 0) is 14.4 Å². The van der Waals surface area contributed by atoms with Crippen LogP contribution in [0.4, 0.5) is 0 Å². The van der Waals surface area contributed by atoms with E-state index in [9.17, 15) is 9.59 Å². The highest BCUT2D eigenvalue weighted by Gasteiger charge is 2.34. The van der Waals surface area contributed by atoms with Crippen LogP contribution in [-0.4, -0.2) is 52.6 Å². The molecule has 0 radical (unpaired) electrons. The third-order valence-electron chi connectivity index (χ3n) is 6.08. The van der Waals surface area contributed by atoms with Crippen LogP contribution in [0.5, 0.6) is 11.5 Å². The number of esters is 1. The Morgan fingerprint density at radius 3 is 2.69 bits per heavy atom. The van der Waals surface area contributed by atoms with Gasteiger partial charge in [-0.15, -0.1) is 5.48 Å². The van der Waals surface area contributed by atoms with Crippen molar-refractivity contribution in [3.63, 3.8) is 0 Å². The van der Waals surface area contributed by atoms with Crippen molar-refractivity contribution >= 4 is 11.9 Å². The number of carbonyl (C=O) groups excluding carboxylic acids is 2. The van der Waals surface area contributed by atoms with E-state index in [1.54, 1.807) is 42.4 Å². The molecular formula is C26H30N4O6. The van der Waals surface area contributed by atoms with Gasteiger partial charge < -0.3 is 19.0 Å². The zero-order chi connectivity index (χ0) is 25.5. The second-order valence-corrected chi connectivity index (χ2v) is 8.46. The molecule has 0 saturated heterocycles. The molecule has 1 aromatic carbocycles. The predicted octanol–water partition coefficient (Wildman–Crippen LogP) is 3.60. The van der Waals surface area contributed by atoms with Gasteiger partial charge in [0.05, 0.1) is 25.3 Å². The first kappa shape index (κ1) is 25.2. The van der Waals surface area contributed by atoms with Gasteiger partial charge in [-0.3, -0.25) is 4.79 Å². The maximum atomic E-state index is 12.7. The molecule has 1 aliphatic carbocycles. The van der Waals surface area contributed by atoms with Gasteiger partial charge in [-0.1, -0.05) is 6.07 Å². The molecule has 1 aliphatic rings. The highest BCUT2D eigenvalue weighted by molar-refractivity contribution is 5.88. The standard InChI is InChI=1S/C26H30N4O6/c1-4-34-24-14-18(6-10-23(24)33-3)21-15-20(35-17(2)31)8-9-22(21)29-36-26(32)19-7-11-25(27-16-19)30-13-5-12-28-30/h5-7,10-14,16,20-22,29H,4,8-9,15H2,1-3H3/t20-,21-,22-/m1/s1. The lowest BCUT2D eigenvalue weighted by atomic mass is 9.79. The van der Waals surface area contributed by atoms with Gasteiger partial charge in [0.1, 0.15) is 6.10 Å². The fourth-order valence-corrected chi connectivity index (χ4v) is 4.41. The minimum absolute atomic E-state index is 0.0960. The first-order valence-electron chi connectivity index (χ1n) is 11.9. The third-order valence-corrected chi connectivity index (χ3v) is 6.08. The topological polar surface area (TPSA) is 114 Å². The number of hydrogen-bond acceptors (Lipinski definition) is 9. The van der Waals surface area contributed by atoms with Gasteiger partial charge in [0.15, 0.2) is 17.3 Å². The van der Waals surface area contributed by atoms with E-state index in [1.807, 2.05) is 25.1 Å². The van der Waals surface area contributed by atoms with E-state index >= 15 is 0 Å². The van der Waals surface area contributed by atoms with Crippen LogP contribution in [0.1, 0.15) is 54.9 Å². The SMILES string of the molecule is CCOc1cc([C@H]2C[C@H](OC(C)=O)CC[C@H]2NOC(=O)c2ccc(-n3cccn3)nc2)ccc1OC. The quantitative estimate of drug-likeness (QED) is 0.352. The number of ether oxygens (including phenoxy) is 3. The van der Waals surface area contributed by atoms with Crippen LogP contribution in [0.15, 0.2) is 55.0 Å². The van der Waals surface area contributed by atoms with Crippen LogP contribution in [0, 0.1) is 0 Å². The number of hydrogen-bond donors (Lipinski definition) is 1. The van der Waals surface area contributed by atoms with Crippen molar-refractivity contribution < 1.29 is 28.6 Å². The van der Waals surface area contributed by atoms with Crippen LogP contribution < -0.4 is 15.0 Å². The fourth-order valence-electron chi connectivity index (χ4n) is 4.41. The molecule has 2 aromatic heterocycles. The van der Waals surface area contributed by atoms with E-state index in [-0.39, 0.29) is 24.0 Å². The van der Waals surface area contributed by atoms with Crippen molar-refractivity contribution in [3.8, 4) is 17.3 Å². The molecule has 1 fully saturated rings. The number of hydroxylamine groups is 1. The summed E-state index contributed by atoms with van der Waals surface area (Å²) < 4.78 is 18.3. The van der Waals surface area contributed by atoms with Crippen molar-refractivity contribution in [2.45, 2.75) is 51.2 Å². The number of rotatable bonds is 9. The predicted molar refractivity (Wildman–Crippen MR) is 130 cm³/mol. The van der Waals surface area contributed by atoms with Crippen LogP contribution >= 0.6 is 0 Å². The van der Waals surface area contributed by atoms with Crippen molar-refractivity contribution in [1.82, 2.24) is 20.2 Å². The average molecular weight is 495 g/mol. The van der Waals surface area contributed by atoms with Crippen molar-refractivity contribution in [2.75, 3.05) is 13.7 Å². The van der Waals surface area contributed by atoms with Crippen LogP contribution in [0.3, 0.4) is 0 Å². The summed E-state index contributed by atoms with van der Waals surface area (Å²) in [6, 6.07) is 10.7. The molecule has 3 aromatic rings. The minimum atomic E-state index is -0.542. The number of carbonyl (C=O) groups is 2. The lowest BCUT2D eigenvalue weighted by Crippen LogP contribution is -2.42. The summed E-state index contributed by atoms with van der Waals surface area (Å²) in [5.74, 6) is 0.910. The number of aromatic nitrogens is 3. The Kier molecular flexibility index (Phi) is 8.17. The molecule has 1 N–H and O–H groups in total. The first-order chi connectivity index (χ1) is 17.5. The third kappa shape index (κ3) is 6.01. The summed E-state index contributed by atoms with van der Waals surface area (Å²) in [6.07, 6.45) is 6.52. The summed E-state index contributed by atoms with van der Waals surface area (Å²) in [6.45, 7) is 3.81. The Labute approximate surface area is 209 Å². The van der Waals surface area contributed by atoms with Crippen LogP contribution in [0.25, 0.3) is 5.82 Å². The van der Waals surface area contributed by atoms with E-state index in [1.165, 1.54) is 13.1 Å². The lowest BCUT2D eigenvalue weighted by molar-refractivity contribution is -0.148. The maximum Gasteiger partial charge on any atom is 0.358 e. The summed E-state index contributed by atoms with van der Waals surface area (Å²) in [7, 11) is 1.59. The van der Waals surface area contributed by atoms with E-state index in [0.29, 0.717) is 48.7 Å². The average Bonchev–Trinajstić information content (AvgIpc) is 3.43. The Bertz CT molecular complexity index is 1170. The Morgan fingerprint density at radius 1 is 1.17 bits per heavy atom. The Hall–Kier alpha value is -3.92. The number of pyridine rings is 1. The number of nitrogens with one attached hydrogen (secondary N) is 1. The normalized spacial score (nSPS) is 19.4. The van der Waals surface area contributed by atoms with Crippen molar-refractivity contribution in [1.29, 1.82) is 0 Å². The second-order valence-electron chi connectivity index (χ2n) is 8.46. The largest absolute Gasteiger partial charge is 0.493 e. The molecule has 1 saturated carbocycles. The van der Waals surface area contributed by atoms with Gasteiger partial charge in [-0.2, -0.15) is 5.10 Å². The van der Waals surface area contributed by atoms with Gasteiger partial charge in [-0.05, 0) is 62.1 Å². The highest BCUT2D eigenvalue weighted by Crippen LogP contribution is 2.38. The second kappa shape index (κ2) is 11.7. The molecule has 4 rings (SSSR count). The number of nitrogens with zero attached hydrogens (tertiary/aromatic N) is 3. The Morgan fingerprint density at radius 2 is 2.03 bits per heavy atom.